The van der Waals surface area contributed by atoms with Crippen LogP contribution < -0.4 is 5.32 Å². The van der Waals surface area contributed by atoms with Crippen molar-refractivity contribution in [3.63, 3.8) is 0 Å². The SMILES string of the molecule is CC(C)CC(CN(C)C)NCCc1ccc([N+](=O)[O-])cc1. The molecule has 5 heteroatoms. The van der Waals surface area contributed by atoms with E-state index in [1.165, 1.54) is 0 Å². The lowest BCUT2D eigenvalue weighted by atomic mass is 10.0. The molecule has 118 valence electrons. The molecule has 0 saturated carbocycles. The molecule has 21 heavy (non-hydrogen) atoms. The van der Waals surface area contributed by atoms with Crippen molar-refractivity contribution in [3.05, 3.63) is 39.9 Å². The van der Waals surface area contributed by atoms with Crippen molar-refractivity contribution < 1.29 is 4.92 Å². The molecule has 1 unspecified atom stereocenters. The summed E-state index contributed by atoms with van der Waals surface area (Å²) in [6, 6.07) is 7.30. The van der Waals surface area contributed by atoms with Crippen molar-refractivity contribution in [1.29, 1.82) is 0 Å². The molecule has 0 radical (unpaired) electrons. The highest BCUT2D eigenvalue weighted by molar-refractivity contribution is 5.32. The first kappa shape index (κ1) is 17.6. The van der Waals surface area contributed by atoms with E-state index < -0.39 is 0 Å². The van der Waals surface area contributed by atoms with E-state index in [2.05, 4.69) is 38.2 Å². The third-order valence-electron chi connectivity index (χ3n) is 3.34. The topological polar surface area (TPSA) is 58.4 Å². The predicted octanol–water partition coefficient (Wildman–Crippen LogP) is 2.70. The van der Waals surface area contributed by atoms with Gasteiger partial charge in [0.1, 0.15) is 0 Å². The molecular formula is C16H27N3O2. The number of hydrogen-bond donors (Lipinski definition) is 1. The maximum atomic E-state index is 10.6. The fourth-order valence-corrected chi connectivity index (χ4v) is 2.44. The quantitative estimate of drug-likeness (QED) is 0.562. The first-order valence-corrected chi connectivity index (χ1v) is 7.50. The van der Waals surface area contributed by atoms with Crippen molar-refractivity contribution in [1.82, 2.24) is 10.2 Å². The second-order valence-electron chi connectivity index (χ2n) is 6.22. The van der Waals surface area contributed by atoms with Crippen LogP contribution in [0.25, 0.3) is 0 Å². The molecular weight excluding hydrogens is 266 g/mol. The van der Waals surface area contributed by atoms with Crippen LogP contribution in [0.3, 0.4) is 0 Å². The Morgan fingerprint density at radius 3 is 2.33 bits per heavy atom. The van der Waals surface area contributed by atoms with Gasteiger partial charge < -0.3 is 10.2 Å². The van der Waals surface area contributed by atoms with Gasteiger partial charge in [-0.05, 0) is 45.0 Å². The zero-order valence-corrected chi connectivity index (χ0v) is 13.5. The van der Waals surface area contributed by atoms with Crippen LogP contribution in [-0.2, 0) is 6.42 Å². The van der Waals surface area contributed by atoms with Gasteiger partial charge in [0.05, 0.1) is 4.92 Å². The molecule has 0 bridgehead atoms. The molecule has 0 saturated heterocycles. The summed E-state index contributed by atoms with van der Waals surface area (Å²) in [4.78, 5) is 12.4. The average molecular weight is 293 g/mol. The van der Waals surface area contributed by atoms with Gasteiger partial charge in [-0.1, -0.05) is 26.0 Å². The van der Waals surface area contributed by atoms with Crippen molar-refractivity contribution in [2.75, 3.05) is 27.2 Å². The van der Waals surface area contributed by atoms with Crippen molar-refractivity contribution in [2.24, 2.45) is 5.92 Å². The molecule has 1 rings (SSSR count). The Hall–Kier alpha value is -1.46. The fraction of sp³-hybridized carbons (Fsp3) is 0.625. The maximum Gasteiger partial charge on any atom is 0.269 e. The molecule has 1 atom stereocenters. The van der Waals surface area contributed by atoms with E-state index in [-0.39, 0.29) is 10.6 Å². The largest absolute Gasteiger partial charge is 0.312 e. The number of nitrogens with zero attached hydrogens (tertiary/aromatic N) is 2. The Bertz CT molecular complexity index is 420. The highest BCUT2D eigenvalue weighted by Gasteiger charge is 2.11. The lowest BCUT2D eigenvalue weighted by Gasteiger charge is -2.24. The zero-order valence-electron chi connectivity index (χ0n) is 13.5. The van der Waals surface area contributed by atoms with Gasteiger partial charge >= 0.3 is 0 Å². The molecule has 1 aromatic rings. The number of nitrogens with one attached hydrogen (secondary N) is 1. The summed E-state index contributed by atoms with van der Waals surface area (Å²) in [5, 5.41) is 14.2. The maximum absolute atomic E-state index is 10.6. The monoisotopic (exact) mass is 293 g/mol. The third-order valence-corrected chi connectivity index (χ3v) is 3.34. The van der Waals surface area contributed by atoms with Crippen LogP contribution in [0, 0.1) is 16.0 Å². The van der Waals surface area contributed by atoms with E-state index >= 15 is 0 Å². The van der Waals surface area contributed by atoms with E-state index in [9.17, 15) is 10.1 Å². The Balaban J connectivity index is 2.43. The van der Waals surface area contributed by atoms with Gasteiger partial charge in [0.25, 0.3) is 5.69 Å². The summed E-state index contributed by atoms with van der Waals surface area (Å²) >= 11 is 0. The van der Waals surface area contributed by atoms with Crippen LogP contribution in [0.4, 0.5) is 5.69 Å². The molecule has 0 aromatic heterocycles. The summed E-state index contributed by atoms with van der Waals surface area (Å²) in [6.45, 7) is 6.39. The van der Waals surface area contributed by atoms with E-state index in [0.29, 0.717) is 12.0 Å². The lowest BCUT2D eigenvalue weighted by molar-refractivity contribution is -0.384. The van der Waals surface area contributed by atoms with Gasteiger partial charge in [0.15, 0.2) is 0 Å². The summed E-state index contributed by atoms with van der Waals surface area (Å²) in [6.07, 6.45) is 2.04. The lowest BCUT2D eigenvalue weighted by Crippen LogP contribution is -2.40. The third kappa shape index (κ3) is 7.20. The average Bonchev–Trinajstić information content (AvgIpc) is 2.37. The number of non-ortho nitro benzene ring substituents is 1. The number of rotatable bonds is 9. The van der Waals surface area contributed by atoms with Gasteiger partial charge in [-0.3, -0.25) is 10.1 Å². The second-order valence-corrected chi connectivity index (χ2v) is 6.22. The Kier molecular flexibility index (Phi) is 7.32. The summed E-state index contributed by atoms with van der Waals surface area (Å²) in [5.41, 5.74) is 1.28. The first-order valence-electron chi connectivity index (χ1n) is 7.50. The fourth-order valence-electron chi connectivity index (χ4n) is 2.44. The van der Waals surface area contributed by atoms with Crippen LogP contribution >= 0.6 is 0 Å². The highest BCUT2D eigenvalue weighted by atomic mass is 16.6. The highest BCUT2D eigenvalue weighted by Crippen LogP contribution is 2.12. The molecule has 1 aromatic carbocycles. The minimum Gasteiger partial charge on any atom is -0.312 e. The van der Waals surface area contributed by atoms with Gasteiger partial charge in [-0.2, -0.15) is 0 Å². The van der Waals surface area contributed by atoms with Gasteiger partial charge in [-0.15, -0.1) is 0 Å². The minimum absolute atomic E-state index is 0.150. The standard InChI is InChI=1S/C16H27N3O2/c1-13(2)11-15(12-18(3)4)17-10-9-14-5-7-16(8-6-14)19(20)21/h5-8,13,15,17H,9-12H2,1-4H3. The molecule has 1 N–H and O–H groups in total. The van der Waals surface area contributed by atoms with Crippen LogP contribution in [0.15, 0.2) is 24.3 Å². The Labute approximate surface area is 127 Å². The van der Waals surface area contributed by atoms with Crippen LogP contribution in [0.1, 0.15) is 25.8 Å². The van der Waals surface area contributed by atoms with Crippen LogP contribution in [-0.4, -0.2) is 43.0 Å². The molecule has 0 heterocycles. The van der Waals surface area contributed by atoms with E-state index in [1.807, 2.05) is 12.1 Å². The summed E-state index contributed by atoms with van der Waals surface area (Å²) < 4.78 is 0. The predicted molar refractivity (Wildman–Crippen MR) is 86.6 cm³/mol. The molecule has 5 nitrogen and oxygen atoms in total. The summed E-state index contributed by atoms with van der Waals surface area (Å²) in [5.74, 6) is 0.668. The molecule has 0 amide bonds. The normalized spacial score (nSPS) is 12.9. The number of nitro benzene ring substituents is 1. The number of nitro groups is 1. The van der Waals surface area contributed by atoms with Gasteiger partial charge in [0, 0.05) is 24.7 Å². The Morgan fingerprint density at radius 2 is 1.86 bits per heavy atom. The smallest absolute Gasteiger partial charge is 0.269 e. The molecule has 0 fully saturated rings. The van der Waals surface area contributed by atoms with E-state index in [0.717, 1.165) is 31.5 Å². The van der Waals surface area contributed by atoms with Gasteiger partial charge in [-0.25, -0.2) is 0 Å². The van der Waals surface area contributed by atoms with Crippen LogP contribution in [0.5, 0.6) is 0 Å². The molecule has 0 aliphatic carbocycles. The van der Waals surface area contributed by atoms with E-state index in [4.69, 9.17) is 0 Å². The van der Waals surface area contributed by atoms with E-state index in [1.54, 1.807) is 12.1 Å². The first-order chi connectivity index (χ1) is 9.88. The summed E-state index contributed by atoms with van der Waals surface area (Å²) in [7, 11) is 4.18. The number of benzene rings is 1. The molecule has 0 aliphatic heterocycles. The number of likely N-dealkylation sites (N-methyl/N-ethyl adjacent to an activating group) is 1. The van der Waals surface area contributed by atoms with Crippen molar-refractivity contribution >= 4 is 5.69 Å². The molecule has 0 spiro atoms. The Morgan fingerprint density at radius 1 is 1.24 bits per heavy atom. The van der Waals surface area contributed by atoms with Gasteiger partial charge in [0.2, 0.25) is 0 Å². The second kappa shape index (κ2) is 8.74. The van der Waals surface area contributed by atoms with Crippen molar-refractivity contribution in [2.45, 2.75) is 32.7 Å². The minimum atomic E-state index is -0.363. The molecule has 0 aliphatic rings. The van der Waals surface area contributed by atoms with Crippen molar-refractivity contribution in [3.8, 4) is 0 Å². The number of hydrogen-bond acceptors (Lipinski definition) is 4. The van der Waals surface area contributed by atoms with Crippen LogP contribution in [0.2, 0.25) is 0 Å². The zero-order chi connectivity index (χ0) is 15.8.